The molecule has 5 unspecified atom stereocenters. The van der Waals surface area contributed by atoms with E-state index >= 15 is 0 Å². The van der Waals surface area contributed by atoms with E-state index < -0.39 is 60.7 Å². The van der Waals surface area contributed by atoms with E-state index in [2.05, 4.69) is 5.32 Å². The molecule has 0 bridgehead atoms. The van der Waals surface area contributed by atoms with Gasteiger partial charge in [-0.05, 0) is 33.2 Å². The first-order valence-corrected chi connectivity index (χ1v) is 10.9. The second kappa shape index (κ2) is 10.2. The quantitative estimate of drug-likeness (QED) is 0.195. The summed E-state index contributed by atoms with van der Waals surface area (Å²) < 4.78 is 23.3. The van der Waals surface area contributed by atoms with Crippen LogP contribution in [0, 0.1) is 0 Å². The summed E-state index contributed by atoms with van der Waals surface area (Å²) in [6, 6.07) is -2.26. The third-order valence-corrected chi connectivity index (χ3v) is 6.55. The van der Waals surface area contributed by atoms with E-state index in [0.717, 1.165) is 6.42 Å². The van der Waals surface area contributed by atoms with Gasteiger partial charge in [-0.1, -0.05) is 0 Å². The molecule has 0 radical (unpaired) electrons. The molecule has 0 aromatic heterocycles. The molecule has 12 N–H and O–H groups in total. The van der Waals surface area contributed by atoms with E-state index in [0.29, 0.717) is 19.4 Å². The molecule has 0 aromatic carbocycles. The molecule has 1 aliphatic carbocycles. The SMILES string of the molecule is CN[C@@H]1[C@@H](O)[C@@H](OC2C(N)CC(N)C(O[C@H]3O[C@H](CN)CC[C@H]3N)C2O)OC[C@]1(C)O. The van der Waals surface area contributed by atoms with Crippen LogP contribution in [0.2, 0.25) is 0 Å². The molecule has 3 rings (SSSR count). The fourth-order valence-electron chi connectivity index (χ4n) is 4.69. The highest BCUT2D eigenvalue weighted by atomic mass is 16.7. The Hall–Kier alpha value is -0.480. The Morgan fingerprint density at radius 3 is 2.19 bits per heavy atom. The second-order valence-corrected chi connectivity index (χ2v) is 9.15. The van der Waals surface area contributed by atoms with E-state index in [-0.39, 0.29) is 18.8 Å². The molecule has 31 heavy (non-hydrogen) atoms. The Bertz CT molecular complexity index is 588. The normalized spacial score (nSPS) is 51.6. The van der Waals surface area contributed by atoms with Gasteiger partial charge in [-0.3, -0.25) is 0 Å². The molecule has 12 heteroatoms. The van der Waals surface area contributed by atoms with Crippen LogP contribution in [0.3, 0.4) is 0 Å². The lowest BCUT2D eigenvalue weighted by atomic mass is 9.84. The molecule has 12 atom stereocenters. The minimum absolute atomic E-state index is 0.0665. The van der Waals surface area contributed by atoms with E-state index in [1.54, 1.807) is 14.0 Å². The molecule has 2 heterocycles. The summed E-state index contributed by atoms with van der Waals surface area (Å²) in [5, 5.41) is 34.9. The number of ether oxygens (including phenoxy) is 4. The Morgan fingerprint density at radius 2 is 1.61 bits per heavy atom. The van der Waals surface area contributed by atoms with Gasteiger partial charge in [-0.15, -0.1) is 0 Å². The first-order chi connectivity index (χ1) is 14.6. The molecule has 0 aromatic rings. The largest absolute Gasteiger partial charge is 0.388 e. The summed E-state index contributed by atoms with van der Waals surface area (Å²) in [6.07, 6.45) is -4.48. The second-order valence-electron chi connectivity index (χ2n) is 9.15. The monoisotopic (exact) mass is 449 g/mol. The van der Waals surface area contributed by atoms with Crippen LogP contribution in [-0.2, 0) is 18.9 Å². The number of aliphatic hydroxyl groups excluding tert-OH is 2. The zero-order chi connectivity index (χ0) is 22.9. The maximum absolute atomic E-state index is 11.0. The van der Waals surface area contributed by atoms with Crippen molar-refractivity contribution in [1.82, 2.24) is 5.32 Å². The third kappa shape index (κ3) is 5.37. The Balaban J connectivity index is 1.68. The molecule has 0 spiro atoms. The predicted octanol–water partition coefficient (Wildman–Crippen LogP) is -3.98. The van der Waals surface area contributed by atoms with Crippen LogP contribution in [0.25, 0.3) is 0 Å². The predicted molar refractivity (Wildman–Crippen MR) is 110 cm³/mol. The summed E-state index contributed by atoms with van der Waals surface area (Å²) in [5.41, 5.74) is 23.0. The number of likely N-dealkylation sites (N-methyl/N-ethyl adjacent to an activating group) is 1. The van der Waals surface area contributed by atoms with Crippen LogP contribution in [-0.4, -0.2) is 108 Å². The van der Waals surface area contributed by atoms with E-state index in [9.17, 15) is 15.3 Å². The highest BCUT2D eigenvalue weighted by molar-refractivity contribution is 5.01. The number of rotatable bonds is 6. The van der Waals surface area contributed by atoms with Gasteiger partial charge < -0.3 is 62.5 Å². The molecular formula is C19H39N5O7. The molecule has 182 valence electrons. The van der Waals surface area contributed by atoms with Crippen molar-refractivity contribution >= 4 is 0 Å². The Labute approximate surface area is 182 Å². The van der Waals surface area contributed by atoms with E-state index in [4.69, 9.17) is 41.9 Å². The lowest BCUT2D eigenvalue weighted by Gasteiger charge is -2.48. The van der Waals surface area contributed by atoms with Gasteiger partial charge in [-0.2, -0.15) is 0 Å². The number of aliphatic hydroxyl groups is 3. The molecule has 0 amide bonds. The molecule has 2 saturated heterocycles. The van der Waals surface area contributed by atoms with Gasteiger partial charge in [0.05, 0.1) is 24.8 Å². The third-order valence-electron chi connectivity index (χ3n) is 6.55. The average Bonchev–Trinajstić information content (AvgIpc) is 2.71. The highest BCUT2D eigenvalue weighted by Gasteiger charge is 2.50. The first kappa shape index (κ1) is 25.1. The van der Waals surface area contributed by atoms with Gasteiger partial charge in [0.1, 0.15) is 30.0 Å². The fraction of sp³-hybridized carbons (Fsp3) is 1.00. The first-order valence-electron chi connectivity index (χ1n) is 10.9. The lowest BCUT2D eigenvalue weighted by molar-refractivity contribution is -0.306. The van der Waals surface area contributed by atoms with Crippen LogP contribution in [0.5, 0.6) is 0 Å². The summed E-state index contributed by atoms with van der Waals surface area (Å²) in [6.45, 7) is 1.83. The summed E-state index contributed by atoms with van der Waals surface area (Å²) >= 11 is 0. The van der Waals surface area contributed by atoms with Crippen molar-refractivity contribution in [3.05, 3.63) is 0 Å². The van der Waals surface area contributed by atoms with Crippen molar-refractivity contribution in [1.29, 1.82) is 0 Å². The van der Waals surface area contributed by atoms with E-state index in [1.807, 2.05) is 0 Å². The van der Waals surface area contributed by atoms with Crippen LogP contribution in [0.15, 0.2) is 0 Å². The molecule has 2 aliphatic heterocycles. The maximum Gasteiger partial charge on any atom is 0.185 e. The zero-order valence-electron chi connectivity index (χ0n) is 18.2. The van der Waals surface area contributed by atoms with Crippen molar-refractivity contribution in [2.45, 2.75) is 99.1 Å². The zero-order valence-corrected chi connectivity index (χ0v) is 18.2. The van der Waals surface area contributed by atoms with Crippen LogP contribution in [0.1, 0.15) is 26.2 Å². The van der Waals surface area contributed by atoms with Crippen LogP contribution in [0.4, 0.5) is 0 Å². The van der Waals surface area contributed by atoms with Gasteiger partial charge in [-0.25, -0.2) is 0 Å². The summed E-state index contributed by atoms with van der Waals surface area (Å²) in [5.74, 6) is 0. The van der Waals surface area contributed by atoms with Crippen molar-refractivity contribution in [2.24, 2.45) is 22.9 Å². The molecular weight excluding hydrogens is 410 g/mol. The fourth-order valence-corrected chi connectivity index (χ4v) is 4.69. The topological polar surface area (TPSA) is 214 Å². The van der Waals surface area contributed by atoms with Gasteiger partial charge >= 0.3 is 0 Å². The highest BCUT2D eigenvalue weighted by Crippen LogP contribution is 2.31. The Kier molecular flexibility index (Phi) is 8.27. The standard InChI is InChI=1S/C19H39N5O7/c1-19(27)7-28-18(13(26)16(19)24-2)31-15-11(23)5-10(22)14(12(15)25)30-17-9(21)4-3-8(6-20)29-17/h8-18,24-27H,3-7,20-23H2,1-2H3/t8-,9+,10?,11?,12?,13+,14?,15?,16+,17+,18+,19-/m0/s1. The molecule has 3 fully saturated rings. The van der Waals surface area contributed by atoms with E-state index in [1.165, 1.54) is 0 Å². The smallest absolute Gasteiger partial charge is 0.185 e. The van der Waals surface area contributed by atoms with Crippen molar-refractivity contribution in [3.63, 3.8) is 0 Å². The number of nitrogens with two attached hydrogens (primary N) is 4. The Morgan fingerprint density at radius 1 is 1.00 bits per heavy atom. The van der Waals surface area contributed by atoms with Gasteiger partial charge in [0.25, 0.3) is 0 Å². The van der Waals surface area contributed by atoms with Crippen molar-refractivity contribution in [3.8, 4) is 0 Å². The summed E-state index contributed by atoms with van der Waals surface area (Å²) in [7, 11) is 1.62. The molecule has 1 saturated carbocycles. The van der Waals surface area contributed by atoms with Gasteiger partial charge in [0.15, 0.2) is 12.6 Å². The van der Waals surface area contributed by atoms with Crippen LogP contribution < -0.4 is 28.3 Å². The number of nitrogens with one attached hydrogen (secondary N) is 1. The molecule has 12 nitrogen and oxygen atoms in total. The van der Waals surface area contributed by atoms with Crippen molar-refractivity contribution < 1.29 is 34.3 Å². The summed E-state index contributed by atoms with van der Waals surface area (Å²) in [4.78, 5) is 0. The van der Waals surface area contributed by atoms with Gasteiger partial charge in [0.2, 0.25) is 0 Å². The van der Waals surface area contributed by atoms with Crippen LogP contribution >= 0.6 is 0 Å². The average molecular weight is 450 g/mol. The van der Waals surface area contributed by atoms with Crippen molar-refractivity contribution in [2.75, 3.05) is 20.2 Å². The number of hydrogen-bond acceptors (Lipinski definition) is 12. The maximum atomic E-state index is 11.0. The van der Waals surface area contributed by atoms with Gasteiger partial charge in [0, 0.05) is 18.6 Å². The lowest BCUT2D eigenvalue weighted by Crippen LogP contribution is -2.68. The molecule has 3 aliphatic rings. The minimum atomic E-state index is -1.29. The minimum Gasteiger partial charge on any atom is -0.388 e. The number of hydrogen-bond donors (Lipinski definition) is 8.